The van der Waals surface area contributed by atoms with E-state index in [0.717, 1.165) is 41.5 Å². The molecule has 1 fully saturated rings. The normalized spacial score (nSPS) is 13.7. The Bertz CT molecular complexity index is 1250. The van der Waals surface area contributed by atoms with E-state index in [1.807, 2.05) is 36.4 Å². The van der Waals surface area contributed by atoms with Crippen LogP contribution in [0.15, 0.2) is 64.5 Å². The Morgan fingerprint density at radius 2 is 1.92 bits per heavy atom. The van der Waals surface area contributed by atoms with Crippen LogP contribution in [0.1, 0.15) is 15.9 Å². The van der Waals surface area contributed by atoms with Crippen molar-refractivity contribution in [3.8, 4) is 17.7 Å². The van der Waals surface area contributed by atoms with E-state index < -0.39 is 5.91 Å². The maximum absolute atomic E-state index is 11.4. The van der Waals surface area contributed by atoms with Crippen LogP contribution in [0.25, 0.3) is 0 Å². The molecule has 0 saturated carbocycles. The van der Waals surface area contributed by atoms with E-state index in [0.29, 0.717) is 35.6 Å². The number of rotatable bonds is 8. The number of carbonyl (C=O) groups excluding carboxylic acids is 1. The van der Waals surface area contributed by atoms with E-state index in [-0.39, 0.29) is 6.61 Å². The number of aliphatic hydroxyl groups is 1. The van der Waals surface area contributed by atoms with Crippen LogP contribution in [0, 0.1) is 11.8 Å². The standard InChI is InChI=1S/C26H26ClN5O3S/c27-21-5-3-4-19(16-21)18-35-25-23(36-22-8-6-20(7-9-22)24(28)34)17-29-26(30-25)32-13-11-31(12-14-32)10-1-2-15-33/h3-9,16-17,33H,10-15,18H2,(H2,28,34). The lowest BCUT2D eigenvalue weighted by molar-refractivity contribution is 0.1000. The SMILES string of the molecule is NC(=O)c1ccc(Sc2cnc(N3CCN(CC#CCO)CC3)nc2OCc2cccc(Cl)c2)cc1. The van der Waals surface area contributed by atoms with Crippen molar-refractivity contribution < 1.29 is 14.6 Å². The van der Waals surface area contributed by atoms with Gasteiger partial charge in [0.05, 0.1) is 17.6 Å². The highest BCUT2D eigenvalue weighted by atomic mass is 35.5. The van der Waals surface area contributed by atoms with Gasteiger partial charge in [-0.3, -0.25) is 9.69 Å². The summed E-state index contributed by atoms with van der Waals surface area (Å²) in [5, 5.41) is 9.48. The van der Waals surface area contributed by atoms with Gasteiger partial charge >= 0.3 is 0 Å². The van der Waals surface area contributed by atoms with E-state index >= 15 is 0 Å². The molecule has 0 unspecified atom stereocenters. The lowest BCUT2D eigenvalue weighted by Gasteiger charge is -2.33. The van der Waals surface area contributed by atoms with E-state index in [1.165, 1.54) is 11.8 Å². The molecule has 10 heteroatoms. The summed E-state index contributed by atoms with van der Waals surface area (Å²) in [6, 6.07) is 14.6. The number of aromatic nitrogens is 2. The number of primary amides is 1. The third-order valence-electron chi connectivity index (χ3n) is 5.50. The van der Waals surface area contributed by atoms with E-state index in [4.69, 9.17) is 32.2 Å². The lowest BCUT2D eigenvalue weighted by Crippen LogP contribution is -2.47. The molecule has 0 aliphatic carbocycles. The van der Waals surface area contributed by atoms with Crippen molar-refractivity contribution in [3.05, 3.63) is 70.9 Å². The van der Waals surface area contributed by atoms with Crippen LogP contribution in [0.2, 0.25) is 5.02 Å². The zero-order valence-corrected chi connectivity index (χ0v) is 21.1. The number of benzene rings is 2. The summed E-state index contributed by atoms with van der Waals surface area (Å²) >= 11 is 7.58. The summed E-state index contributed by atoms with van der Waals surface area (Å²) in [4.78, 5) is 26.8. The Balaban J connectivity index is 1.51. The van der Waals surface area contributed by atoms with Crippen molar-refractivity contribution in [2.24, 2.45) is 5.73 Å². The predicted molar refractivity (Wildman–Crippen MR) is 140 cm³/mol. The largest absolute Gasteiger partial charge is 0.472 e. The van der Waals surface area contributed by atoms with Gasteiger partial charge in [-0.05, 0) is 42.0 Å². The second-order valence-electron chi connectivity index (χ2n) is 8.02. The number of piperazine rings is 1. The quantitative estimate of drug-likeness (QED) is 0.434. The molecule has 1 amide bonds. The fourth-order valence-corrected chi connectivity index (χ4v) is 4.63. The molecule has 0 spiro atoms. The maximum Gasteiger partial charge on any atom is 0.248 e. The van der Waals surface area contributed by atoms with Crippen LogP contribution >= 0.6 is 23.4 Å². The highest BCUT2D eigenvalue weighted by molar-refractivity contribution is 7.99. The highest BCUT2D eigenvalue weighted by Crippen LogP contribution is 2.35. The minimum absolute atomic E-state index is 0.120. The smallest absolute Gasteiger partial charge is 0.248 e. The van der Waals surface area contributed by atoms with Gasteiger partial charge in [0.2, 0.25) is 17.7 Å². The average Bonchev–Trinajstić information content (AvgIpc) is 2.89. The van der Waals surface area contributed by atoms with Crippen LogP contribution in [-0.4, -0.2) is 65.2 Å². The van der Waals surface area contributed by atoms with Crippen LogP contribution in [0.4, 0.5) is 5.95 Å². The minimum atomic E-state index is -0.467. The first-order valence-electron chi connectivity index (χ1n) is 11.4. The number of hydrogen-bond acceptors (Lipinski definition) is 8. The molecule has 2 heterocycles. The van der Waals surface area contributed by atoms with Crippen molar-refractivity contribution in [1.29, 1.82) is 0 Å². The molecule has 2 aromatic carbocycles. The molecule has 186 valence electrons. The van der Waals surface area contributed by atoms with E-state index in [9.17, 15) is 4.79 Å². The number of hydrogen-bond donors (Lipinski definition) is 2. The maximum atomic E-state index is 11.4. The fourth-order valence-electron chi connectivity index (χ4n) is 3.59. The number of halogens is 1. The number of nitrogens with zero attached hydrogens (tertiary/aromatic N) is 4. The first kappa shape index (κ1) is 25.8. The molecular weight excluding hydrogens is 498 g/mol. The molecule has 3 N–H and O–H groups in total. The van der Waals surface area contributed by atoms with Gasteiger partial charge < -0.3 is 20.5 Å². The summed E-state index contributed by atoms with van der Waals surface area (Å²) in [6.45, 7) is 3.99. The molecule has 0 radical (unpaired) electrons. The first-order valence-corrected chi connectivity index (χ1v) is 12.6. The van der Waals surface area contributed by atoms with Crippen LogP contribution in [0.5, 0.6) is 5.88 Å². The number of carbonyl (C=O) groups is 1. The molecule has 3 aromatic rings. The second-order valence-corrected chi connectivity index (χ2v) is 9.58. The lowest BCUT2D eigenvalue weighted by atomic mass is 10.2. The Morgan fingerprint density at radius 3 is 2.61 bits per heavy atom. The molecule has 8 nitrogen and oxygen atoms in total. The second kappa shape index (κ2) is 12.6. The van der Waals surface area contributed by atoms with Crippen molar-refractivity contribution in [2.75, 3.05) is 44.2 Å². The number of aliphatic hydroxyl groups excluding tert-OH is 1. The third-order valence-corrected chi connectivity index (χ3v) is 6.75. The number of ether oxygens (including phenoxy) is 1. The van der Waals surface area contributed by atoms with Gasteiger partial charge in [0.1, 0.15) is 13.2 Å². The third kappa shape index (κ3) is 7.12. The van der Waals surface area contributed by atoms with Gasteiger partial charge in [0, 0.05) is 41.7 Å². The summed E-state index contributed by atoms with van der Waals surface area (Å²) in [5.41, 5.74) is 6.73. The van der Waals surface area contributed by atoms with Gasteiger partial charge in [-0.25, -0.2) is 4.98 Å². The molecule has 1 aromatic heterocycles. The first-order chi connectivity index (χ1) is 17.5. The Kier molecular flexibility index (Phi) is 9.03. The van der Waals surface area contributed by atoms with Gasteiger partial charge in [-0.1, -0.05) is 47.3 Å². The summed E-state index contributed by atoms with van der Waals surface area (Å²) < 4.78 is 6.15. The number of nitrogens with two attached hydrogens (primary N) is 1. The van der Waals surface area contributed by atoms with Gasteiger partial charge in [0.15, 0.2) is 0 Å². The molecule has 0 atom stereocenters. The summed E-state index contributed by atoms with van der Waals surface area (Å²) in [5.74, 6) is 6.26. The summed E-state index contributed by atoms with van der Waals surface area (Å²) in [6.07, 6.45) is 1.77. The van der Waals surface area contributed by atoms with Crippen molar-refractivity contribution in [1.82, 2.24) is 14.9 Å². The molecule has 1 saturated heterocycles. The van der Waals surface area contributed by atoms with E-state index in [2.05, 4.69) is 26.6 Å². The van der Waals surface area contributed by atoms with Crippen molar-refractivity contribution in [2.45, 2.75) is 16.4 Å². The zero-order valence-electron chi connectivity index (χ0n) is 19.6. The molecule has 1 aliphatic heterocycles. The van der Waals surface area contributed by atoms with E-state index in [1.54, 1.807) is 18.3 Å². The Labute approximate surface area is 219 Å². The van der Waals surface area contributed by atoms with Crippen molar-refractivity contribution >= 4 is 35.2 Å². The number of amides is 1. The van der Waals surface area contributed by atoms with Crippen molar-refractivity contribution in [3.63, 3.8) is 0 Å². The van der Waals surface area contributed by atoms with Crippen LogP contribution < -0.4 is 15.4 Å². The summed E-state index contributed by atoms with van der Waals surface area (Å²) in [7, 11) is 0. The predicted octanol–water partition coefficient (Wildman–Crippen LogP) is 3.08. The van der Waals surface area contributed by atoms with Gasteiger partial charge in [-0.15, -0.1) is 0 Å². The molecule has 4 rings (SSSR count). The molecular formula is C26H26ClN5O3S. The van der Waals surface area contributed by atoms with Crippen LogP contribution in [-0.2, 0) is 6.61 Å². The topological polar surface area (TPSA) is 105 Å². The zero-order chi connectivity index (χ0) is 25.3. The molecule has 1 aliphatic rings. The Hall–Kier alpha value is -3.29. The minimum Gasteiger partial charge on any atom is -0.472 e. The number of anilines is 1. The Morgan fingerprint density at radius 1 is 1.14 bits per heavy atom. The monoisotopic (exact) mass is 523 g/mol. The fraction of sp³-hybridized carbons (Fsp3) is 0.269. The average molecular weight is 524 g/mol. The highest BCUT2D eigenvalue weighted by Gasteiger charge is 2.20. The van der Waals surface area contributed by atoms with Crippen LogP contribution in [0.3, 0.4) is 0 Å². The molecule has 36 heavy (non-hydrogen) atoms. The molecule has 0 bridgehead atoms. The van der Waals surface area contributed by atoms with Gasteiger partial charge in [-0.2, -0.15) is 4.98 Å². The van der Waals surface area contributed by atoms with Gasteiger partial charge in [0.25, 0.3) is 0 Å².